The largest absolute Gasteiger partial charge is 0.370 e. The number of aromatic amines is 1. The fourth-order valence-corrected chi connectivity index (χ4v) is 7.31. The summed E-state index contributed by atoms with van der Waals surface area (Å²) in [5, 5.41) is 19.6. The van der Waals surface area contributed by atoms with E-state index in [0.29, 0.717) is 23.2 Å². The molecule has 64 heavy (non-hydrogen) atoms. The quantitative estimate of drug-likeness (QED) is 0.0613. The summed E-state index contributed by atoms with van der Waals surface area (Å²) >= 11 is 0. The Bertz CT molecular complexity index is 2290. The van der Waals surface area contributed by atoms with Crippen molar-refractivity contribution in [1.29, 1.82) is 0 Å². The van der Waals surface area contributed by atoms with Crippen LogP contribution in [-0.2, 0) is 51.2 Å². The number of Topliss-reactive ketones (excluding diaryl/α,β-unsaturated/α-hetero) is 1. The monoisotopic (exact) mass is 880 g/mol. The molecule has 12 N–H and O–H groups in total. The molecule has 0 radical (unpaired) electrons. The second kappa shape index (κ2) is 23.2. The molecule has 1 fully saturated rings. The maximum atomic E-state index is 14.5. The molecule has 2 aliphatic heterocycles. The smallest absolute Gasteiger partial charge is 0.243 e. The van der Waals surface area contributed by atoms with Gasteiger partial charge in [-0.2, -0.15) is 0 Å². The third-order valence-corrected chi connectivity index (χ3v) is 10.6. The second-order valence-electron chi connectivity index (χ2n) is 15.7. The van der Waals surface area contributed by atoms with Crippen molar-refractivity contribution in [3.05, 3.63) is 83.7 Å². The Morgan fingerprint density at radius 3 is 2.06 bits per heavy atom. The van der Waals surface area contributed by atoms with Gasteiger partial charge in [0.15, 0.2) is 11.7 Å². The van der Waals surface area contributed by atoms with Gasteiger partial charge in [0.2, 0.25) is 41.4 Å². The zero-order valence-electron chi connectivity index (χ0n) is 35.8. The first-order chi connectivity index (χ1) is 30.7. The number of nitrogens with zero attached hydrogens (tertiary/aromatic N) is 2. The Hall–Kier alpha value is -7.38. The van der Waals surface area contributed by atoms with Crippen LogP contribution in [0.4, 0.5) is 0 Å². The Labute approximate surface area is 369 Å². The lowest BCUT2D eigenvalue weighted by molar-refractivity contribution is -0.135. The summed E-state index contributed by atoms with van der Waals surface area (Å²) in [5.74, 6) is -5.77. The molecule has 7 amide bonds. The molecule has 20 heteroatoms. The first-order valence-corrected chi connectivity index (χ1v) is 21.1. The first kappa shape index (κ1) is 47.7. The lowest BCUT2D eigenvalue weighted by atomic mass is 10.0. The van der Waals surface area contributed by atoms with Crippen molar-refractivity contribution in [3.8, 4) is 0 Å². The highest BCUT2D eigenvalue weighted by Gasteiger charge is 2.34. The fraction of sp³-hybridized carbons (Fsp3) is 0.409. The number of hydrogen-bond donors (Lipinski definition) is 10. The predicted molar refractivity (Wildman–Crippen MR) is 238 cm³/mol. The van der Waals surface area contributed by atoms with Crippen molar-refractivity contribution in [3.63, 3.8) is 0 Å². The molecule has 0 unspecified atom stereocenters. The number of aliphatic imine (C=N–C) groups is 2. The number of aromatic nitrogens is 1. The number of benzene rings is 2. The van der Waals surface area contributed by atoms with Crippen LogP contribution < -0.4 is 48.7 Å². The average Bonchev–Trinajstić information content (AvgIpc) is 3.93. The van der Waals surface area contributed by atoms with Crippen LogP contribution in [0.5, 0.6) is 0 Å². The minimum Gasteiger partial charge on any atom is -0.370 e. The van der Waals surface area contributed by atoms with Gasteiger partial charge >= 0.3 is 0 Å². The number of amides is 7. The van der Waals surface area contributed by atoms with Crippen LogP contribution in [0.25, 0.3) is 10.9 Å². The van der Waals surface area contributed by atoms with Gasteiger partial charge in [-0.25, -0.2) is 0 Å². The molecule has 0 spiro atoms. The molecular formula is C44H56N12O8. The highest BCUT2D eigenvalue weighted by Crippen LogP contribution is 2.20. The van der Waals surface area contributed by atoms with Crippen molar-refractivity contribution in [2.24, 2.45) is 21.5 Å². The lowest BCUT2D eigenvalue weighted by Gasteiger charge is -2.27. The molecule has 2 aliphatic rings. The van der Waals surface area contributed by atoms with Gasteiger partial charge in [-0.3, -0.25) is 48.3 Å². The van der Waals surface area contributed by atoms with Gasteiger partial charge in [0.1, 0.15) is 30.2 Å². The first-order valence-electron chi connectivity index (χ1n) is 21.1. The Balaban J connectivity index is 1.55. The zero-order chi connectivity index (χ0) is 46.2. The fourth-order valence-electron chi connectivity index (χ4n) is 7.31. The van der Waals surface area contributed by atoms with Gasteiger partial charge in [0.25, 0.3) is 0 Å². The molecule has 3 aromatic rings. The van der Waals surface area contributed by atoms with Gasteiger partial charge in [-0.05, 0) is 43.4 Å². The summed E-state index contributed by atoms with van der Waals surface area (Å²) in [6.07, 6.45) is 5.02. The Kier molecular flexibility index (Phi) is 17.3. The maximum Gasteiger partial charge on any atom is 0.243 e. The summed E-state index contributed by atoms with van der Waals surface area (Å²) in [6, 6.07) is 8.38. The van der Waals surface area contributed by atoms with Crippen LogP contribution in [0.1, 0.15) is 63.5 Å². The SMILES string of the molecule is CC(=O)N[C@H]1CCNC(=O)C[C@@H](C(C)=O)NC(=O)[C@H](Cc2c[nH]c3ccccc23)NC(=O)[C@H](CCCN=C(N)N)NC(=O)[C@@H](Cc2ccccc2)NC(=O)[C@H](CC2=CCC=N2)NC1=O. The maximum absolute atomic E-state index is 14.5. The van der Waals surface area contributed by atoms with E-state index in [1.807, 2.05) is 24.3 Å². The summed E-state index contributed by atoms with van der Waals surface area (Å²) in [4.78, 5) is 121. The molecule has 3 heterocycles. The molecule has 1 aromatic heterocycles. The Morgan fingerprint density at radius 2 is 1.39 bits per heavy atom. The molecule has 6 atom stereocenters. The topological polar surface area (TPSA) is 313 Å². The molecule has 5 rings (SSSR count). The molecular weight excluding hydrogens is 825 g/mol. The van der Waals surface area contributed by atoms with E-state index in [2.05, 4.69) is 52.2 Å². The molecule has 20 nitrogen and oxygen atoms in total. The molecule has 2 aromatic carbocycles. The van der Waals surface area contributed by atoms with Crippen LogP contribution in [0.3, 0.4) is 0 Å². The van der Waals surface area contributed by atoms with Crippen LogP contribution in [0.15, 0.2) is 82.6 Å². The van der Waals surface area contributed by atoms with E-state index < -0.39 is 89.8 Å². The number of rotatable bonds is 12. The number of allylic oxidation sites excluding steroid dienone is 1. The normalized spacial score (nSPS) is 22.9. The highest BCUT2D eigenvalue weighted by molar-refractivity contribution is 5.98. The predicted octanol–water partition coefficient (Wildman–Crippen LogP) is -0.817. The number of nitrogens with one attached hydrogen (secondary N) is 8. The van der Waals surface area contributed by atoms with Gasteiger partial charge < -0.3 is 53.7 Å². The van der Waals surface area contributed by atoms with Gasteiger partial charge in [0.05, 0.1) is 12.5 Å². The van der Waals surface area contributed by atoms with E-state index >= 15 is 0 Å². The van der Waals surface area contributed by atoms with E-state index in [-0.39, 0.29) is 57.6 Å². The number of guanidine groups is 1. The third kappa shape index (κ3) is 14.3. The van der Waals surface area contributed by atoms with E-state index in [9.17, 15) is 38.4 Å². The minimum atomic E-state index is -1.33. The van der Waals surface area contributed by atoms with Crippen LogP contribution in [0.2, 0.25) is 0 Å². The van der Waals surface area contributed by atoms with Crippen LogP contribution in [-0.4, -0.2) is 114 Å². The molecule has 0 bridgehead atoms. The van der Waals surface area contributed by atoms with E-state index in [1.165, 1.54) is 13.8 Å². The van der Waals surface area contributed by atoms with Crippen LogP contribution >= 0.6 is 0 Å². The molecule has 1 saturated heterocycles. The number of carbonyl (C=O) groups excluding carboxylic acids is 8. The van der Waals surface area contributed by atoms with Gasteiger partial charge in [-0.1, -0.05) is 54.6 Å². The molecule has 0 aliphatic carbocycles. The number of para-hydroxylation sites is 1. The standard InChI is InChI=1S/C44H56N12O8/c1-25(57)34-23-38(59)48-19-16-33(51-26(2)58)40(61)56-37(22-29-12-8-17-47-29)43(64)54-35(20-27-10-4-3-5-11-27)41(62)52-32(15-9-18-49-44(45)46)39(60)55-36(42(63)53-34)21-28-24-50-31-14-7-6-13-30(28)31/h3-7,10-14,17,24,32-37,50H,8-9,15-16,18-23H2,1-2H3,(H,48,59)(H,51,58)(H,52,62)(H,53,63)(H,54,64)(H,55,60)(H,56,61)(H4,45,46,49)/t32-,33-,34-,35+,36-,37-/m0/s1. The van der Waals surface area contributed by atoms with E-state index in [4.69, 9.17) is 11.5 Å². The zero-order valence-corrected chi connectivity index (χ0v) is 35.8. The number of ketones is 1. The number of H-pyrrole nitrogens is 1. The summed E-state index contributed by atoms with van der Waals surface area (Å²) < 4.78 is 0. The van der Waals surface area contributed by atoms with Crippen LogP contribution in [0, 0.1) is 0 Å². The summed E-state index contributed by atoms with van der Waals surface area (Å²) in [7, 11) is 0. The second-order valence-corrected chi connectivity index (χ2v) is 15.7. The van der Waals surface area contributed by atoms with Crippen molar-refractivity contribution in [2.45, 2.75) is 101 Å². The lowest BCUT2D eigenvalue weighted by Crippen LogP contribution is -2.60. The minimum absolute atomic E-state index is 0.0204. The summed E-state index contributed by atoms with van der Waals surface area (Å²) in [5.41, 5.74) is 13.7. The average molecular weight is 881 g/mol. The van der Waals surface area contributed by atoms with Crippen molar-refractivity contribution in [2.75, 3.05) is 13.1 Å². The van der Waals surface area contributed by atoms with E-state index in [1.54, 1.807) is 48.8 Å². The van der Waals surface area contributed by atoms with E-state index in [0.717, 1.165) is 10.9 Å². The molecule has 340 valence electrons. The van der Waals surface area contributed by atoms with Crippen molar-refractivity contribution in [1.82, 2.24) is 42.2 Å². The van der Waals surface area contributed by atoms with Crippen molar-refractivity contribution >= 4 is 70.2 Å². The number of carbonyl (C=O) groups is 8. The van der Waals surface area contributed by atoms with Crippen molar-refractivity contribution < 1.29 is 38.4 Å². The number of fused-ring (bicyclic) bond motifs is 1. The highest BCUT2D eigenvalue weighted by atomic mass is 16.2. The van der Waals surface area contributed by atoms with Gasteiger partial charge in [0, 0.05) is 74.7 Å². The van der Waals surface area contributed by atoms with Gasteiger partial charge in [-0.15, -0.1) is 0 Å². The summed E-state index contributed by atoms with van der Waals surface area (Å²) in [6.45, 7) is 2.36. The number of hydrogen-bond acceptors (Lipinski definition) is 10. The molecule has 0 saturated carbocycles. The third-order valence-electron chi connectivity index (χ3n) is 10.6. The Morgan fingerprint density at radius 1 is 0.766 bits per heavy atom. The number of nitrogens with two attached hydrogens (primary N) is 2.